The van der Waals surface area contributed by atoms with Crippen LogP contribution in [-0.2, 0) is 9.53 Å². The highest BCUT2D eigenvalue weighted by Crippen LogP contribution is 2.26. The van der Waals surface area contributed by atoms with E-state index in [2.05, 4.69) is 39.6 Å². The Hall–Kier alpha value is -1.64. The van der Waals surface area contributed by atoms with Gasteiger partial charge < -0.3 is 19.9 Å². The van der Waals surface area contributed by atoms with E-state index < -0.39 is 0 Å². The molecule has 1 aromatic heterocycles. The third kappa shape index (κ3) is 5.43. The van der Waals surface area contributed by atoms with Crippen LogP contribution in [0.5, 0.6) is 0 Å². The zero-order valence-corrected chi connectivity index (χ0v) is 17.2. The van der Waals surface area contributed by atoms with Crippen LogP contribution in [-0.4, -0.2) is 92.1 Å². The van der Waals surface area contributed by atoms with Gasteiger partial charge in [0.25, 0.3) is 0 Å². The molecule has 2 saturated heterocycles. The lowest BCUT2D eigenvalue weighted by atomic mass is 10.2. The van der Waals surface area contributed by atoms with Gasteiger partial charge in [0.15, 0.2) is 5.96 Å². The zero-order chi connectivity index (χ0) is 19.1. The summed E-state index contributed by atoms with van der Waals surface area (Å²) >= 11 is 1.80. The number of aliphatic imine (C=N–C) groups is 1. The Bertz CT molecular complexity index is 608. The van der Waals surface area contributed by atoms with Gasteiger partial charge in [0.2, 0.25) is 5.91 Å². The van der Waals surface area contributed by atoms with E-state index in [9.17, 15) is 4.79 Å². The van der Waals surface area contributed by atoms with Crippen LogP contribution in [0, 0.1) is 0 Å². The van der Waals surface area contributed by atoms with Crippen LogP contribution in [0.25, 0.3) is 0 Å². The van der Waals surface area contributed by atoms with Gasteiger partial charge in [-0.3, -0.25) is 14.7 Å². The number of carbonyl (C=O) groups excluding carboxylic acids is 1. The fraction of sp³-hybridized carbons (Fsp3) is 0.684. The van der Waals surface area contributed by atoms with Gasteiger partial charge in [0.1, 0.15) is 0 Å². The molecule has 0 radical (unpaired) electrons. The quantitative estimate of drug-likeness (QED) is 0.603. The average Bonchev–Trinajstić information content (AvgIpc) is 3.23. The molecule has 0 saturated carbocycles. The molecule has 8 heteroatoms. The molecular weight excluding hydrogens is 362 g/mol. The van der Waals surface area contributed by atoms with Gasteiger partial charge in [0.05, 0.1) is 25.8 Å². The summed E-state index contributed by atoms with van der Waals surface area (Å²) in [6.45, 7) is 12.0. The van der Waals surface area contributed by atoms with Crippen molar-refractivity contribution in [2.24, 2.45) is 4.99 Å². The number of piperazine rings is 1. The van der Waals surface area contributed by atoms with E-state index in [0.717, 1.165) is 71.5 Å². The molecule has 0 bridgehead atoms. The van der Waals surface area contributed by atoms with Crippen molar-refractivity contribution >= 4 is 23.2 Å². The fourth-order valence-corrected chi connectivity index (χ4v) is 4.44. The highest BCUT2D eigenvalue weighted by molar-refractivity contribution is 7.10. The van der Waals surface area contributed by atoms with Crippen LogP contribution >= 0.6 is 11.3 Å². The minimum Gasteiger partial charge on any atom is -0.379 e. The summed E-state index contributed by atoms with van der Waals surface area (Å²) in [6, 6.07) is 4.61. The molecule has 0 spiro atoms. The number of morpholine rings is 1. The van der Waals surface area contributed by atoms with E-state index in [1.54, 1.807) is 18.3 Å². The first kappa shape index (κ1) is 20.1. The molecule has 1 unspecified atom stereocenters. The smallest absolute Gasteiger partial charge is 0.219 e. The number of hydrogen-bond donors (Lipinski definition) is 1. The Labute approximate surface area is 166 Å². The number of thiophene rings is 1. The first-order valence-corrected chi connectivity index (χ1v) is 10.7. The van der Waals surface area contributed by atoms with Gasteiger partial charge in [-0.05, 0) is 18.4 Å². The molecule has 27 heavy (non-hydrogen) atoms. The maximum absolute atomic E-state index is 11.6. The lowest BCUT2D eigenvalue weighted by Gasteiger charge is -2.37. The first-order valence-electron chi connectivity index (χ1n) is 9.83. The van der Waals surface area contributed by atoms with Crippen LogP contribution in [0.15, 0.2) is 22.5 Å². The third-order valence-electron chi connectivity index (χ3n) is 5.13. The molecule has 2 aliphatic rings. The van der Waals surface area contributed by atoms with Crippen LogP contribution < -0.4 is 5.32 Å². The molecule has 2 fully saturated rings. The van der Waals surface area contributed by atoms with Crippen molar-refractivity contribution in [2.45, 2.75) is 19.9 Å². The number of guanidine groups is 1. The number of ether oxygens (including phenoxy) is 1. The Morgan fingerprint density at radius 2 is 1.93 bits per heavy atom. The Kier molecular flexibility index (Phi) is 7.49. The predicted octanol–water partition coefficient (Wildman–Crippen LogP) is 1.25. The largest absolute Gasteiger partial charge is 0.379 e. The lowest BCUT2D eigenvalue weighted by Crippen LogP contribution is -2.53. The van der Waals surface area contributed by atoms with Crippen molar-refractivity contribution in [2.75, 3.05) is 65.6 Å². The Morgan fingerprint density at radius 1 is 1.22 bits per heavy atom. The van der Waals surface area contributed by atoms with E-state index in [4.69, 9.17) is 9.73 Å². The molecule has 3 heterocycles. The number of rotatable bonds is 5. The number of nitrogens with zero attached hydrogens (tertiary/aromatic N) is 4. The number of amides is 1. The van der Waals surface area contributed by atoms with Gasteiger partial charge >= 0.3 is 0 Å². The summed E-state index contributed by atoms with van der Waals surface area (Å²) in [5, 5.41) is 5.57. The molecule has 3 rings (SSSR count). The van der Waals surface area contributed by atoms with E-state index in [1.807, 2.05) is 4.90 Å². The summed E-state index contributed by atoms with van der Waals surface area (Å²) in [7, 11) is 0. The number of carbonyl (C=O) groups is 1. The lowest BCUT2D eigenvalue weighted by molar-refractivity contribution is -0.130. The SMILES string of the molecule is CCNC(=NCC(c1cccs1)N1CCOCC1)N1CCN(C(C)=O)CC1. The van der Waals surface area contributed by atoms with Crippen LogP contribution in [0.2, 0.25) is 0 Å². The minimum absolute atomic E-state index is 0.154. The topological polar surface area (TPSA) is 60.4 Å². The van der Waals surface area contributed by atoms with Gasteiger partial charge in [-0.25, -0.2) is 0 Å². The molecule has 1 N–H and O–H groups in total. The van der Waals surface area contributed by atoms with Crippen molar-refractivity contribution in [1.82, 2.24) is 20.0 Å². The third-order valence-corrected chi connectivity index (χ3v) is 6.11. The number of nitrogens with one attached hydrogen (secondary N) is 1. The second kappa shape index (κ2) is 10.1. The molecule has 1 amide bonds. The summed E-state index contributed by atoms with van der Waals surface area (Å²) in [6.07, 6.45) is 0. The van der Waals surface area contributed by atoms with Crippen molar-refractivity contribution in [3.05, 3.63) is 22.4 Å². The monoisotopic (exact) mass is 393 g/mol. The second-order valence-electron chi connectivity index (χ2n) is 6.87. The summed E-state index contributed by atoms with van der Waals surface area (Å²) in [5.74, 6) is 1.11. The predicted molar refractivity (Wildman–Crippen MR) is 109 cm³/mol. The molecule has 1 aromatic rings. The fourth-order valence-electron chi connectivity index (χ4n) is 3.59. The van der Waals surface area contributed by atoms with E-state index in [-0.39, 0.29) is 5.91 Å². The molecular formula is C19H31N5O2S. The number of hydrogen-bond acceptors (Lipinski definition) is 5. The average molecular weight is 394 g/mol. The minimum atomic E-state index is 0.154. The maximum atomic E-state index is 11.6. The highest BCUT2D eigenvalue weighted by atomic mass is 32.1. The summed E-state index contributed by atoms with van der Waals surface area (Å²) in [4.78, 5) is 24.6. The Balaban J connectivity index is 1.69. The van der Waals surface area contributed by atoms with Crippen molar-refractivity contribution in [1.29, 1.82) is 0 Å². The van der Waals surface area contributed by atoms with Crippen LogP contribution in [0.3, 0.4) is 0 Å². The zero-order valence-electron chi connectivity index (χ0n) is 16.4. The first-order chi connectivity index (χ1) is 13.2. The van der Waals surface area contributed by atoms with Gasteiger partial charge in [-0.15, -0.1) is 11.3 Å². The molecule has 0 aromatic carbocycles. The molecule has 7 nitrogen and oxygen atoms in total. The van der Waals surface area contributed by atoms with E-state index in [1.165, 1.54) is 4.88 Å². The van der Waals surface area contributed by atoms with Crippen molar-refractivity contribution in [3.63, 3.8) is 0 Å². The van der Waals surface area contributed by atoms with Crippen molar-refractivity contribution in [3.8, 4) is 0 Å². The second-order valence-corrected chi connectivity index (χ2v) is 7.85. The van der Waals surface area contributed by atoms with Gasteiger partial charge in [0, 0.05) is 57.6 Å². The molecule has 2 aliphatic heterocycles. The van der Waals surface area contributed by atoms with E-state index >= 15 is 0 Å². The Morgan fingerprint density at radius 3 is 2.52 bits per heavy atom. The van der Waals surface area contributed by atoms with Gasteiger partial charge in [-0.2, -0.15) is 0 Å². The molecule has 1 atom stereocenters. The highest BCUT2D eigenvalue weighted by Gasteiger charge is 2.25. The summed E-state index contributed by atoms with van der Waals surface area (Å²) < 4.78 is 5.53. The summed E-state index contributed by atoms with van der Waals surface area (Å²) in [5.41, 5.74) is 0. The molecule has 0 aliphatic carbocycles. The van der Waals surface area contributed by atoms with E-state index in [0.29, 0.717) is 6.04 Å². The maximum Gasteiger partial charge on any atom is 0.219 e. The van der Waals surface area contributed by atoms with Crippen LogP contribution in [0.1, 0.15) is 24.8 Å². The normalized spacial score (nSPS) is 20.6. The molecule has 150 valence electrons. The standard InChI is InChI=1S/C19H31N5O2S/c1-3-20-19(24-8-6-22(7-9-24)16(2)25)21-15-17(18-5-4-14-27-18)23-10-12-26-13-11-23/h4-5,14,17H,3,6-13,15H2,1-2H3,(H,20,21). The van der Waals surface area contributed by atoms with Crippen molar-refractivity contribution < 1.29 is 9.53 Å². The van der Waals surface area contributed by atoms with Gasteiger partial charge in [-0.1, -0.05) is 6.07 Å². The van der Waals surface area contributed by atoms with Crippen LogP contribution in [0.4, 0.5) is 0 Å².